The molecule has 0 aliphatic carbocycles. The van der Waals surface area contributed by atoms with Crippen LogP contribution >= 0.6 is 15.9 Å². The maximum atomic E-state index is 10.6. The van der Waals surface area contributed by atoms with E-state index in [1.165, 1.54) is 6.07 Å². The fourth-order valence-electron chi connectivity index (χ4n) is 1.36. The van der Waals surface area contributed by atoms with Crippen LogP contribution in [0.5, 0.6) is 0 Å². The predicted octanol–water partition coefficient (Wildman–Crippen LogP) is 2.85. The van der Waals surface area contributed by atoms with E-state index in [1.807, 2.05) is 24.3 Å². The van der Waals surface area contributed by atoms with Gasteiger partial charge in [0.1, 0.15) is 6.61 Å². The normalized spacial score (nSPS) is 10.5. The fourth-order valence-corrected chi connectivity index (χ4v) is 1.76. The van der Waals surface area contributed by atoms with Crippen molar-refractivity contribution >= 4 is 21.9 Å². The monoisotopic (exact) mass is 311 g/mol. The van der Waals surface area contributed by atoms with Crippen molar-refractivity contribution in [2.75, 3.05) is 0 Å². The average Bonchev–Trinajstić information content (AvgIpc) is 2.80. The summed E-state index contributed by atoms with van der Waals surface area (Å²) in [6.45, 7) is 0.589. The van der Waals surface area contributed by atoms with Gasteiger partial charge in [-0.1, -0.05) is 39.3 Å². The number of aromatic carboxylic acids is 1. The molecule has 5 nitrogen and oxygen atoms in total. The minimum absolute atomic E-state index is 0.116. The molecule has 2 rings (SSSR count). The highest BCUT2D eigenvalue weighted by atomic mass is 79.9. The second-order valence-corrected chi connectivity index (χ2v) is 4.42. The fraction of sp³-hybridized carbons (Fsp3) is 0.167. The molecule has 0 radical (unpaired) electrons. The van der Waals surface area contributed by atoms with Crippen LogP contribution in [-0.2, 0) is 18.0 Å². The van der Waals surface area contributed by atoms with Crippen LogP contribution in [0.25, 0.3) is 0 Å². The molecule has 18 heavy (non-hydrogen) atoms. The summed E-state index contributed by atoms with van der Waals surface area (Å²) in [6.07, 6.45) is 0. The van der Waals surface area contributed by atoms with Crippen molar-refractivity contribution in [3.05, 3.63) is 51.8 Å². The highest BCUT2D eigenvalue weighted by molar-refractivity contribution is 9.10. The van der Waals surface area contributed by atoms with Crippen LogP contribution in [0.3, 0.4) is 0 Å². The molecule has 0 aliphatic heterocycles. The topological polar surface area (TPSA) is 72.6 Å². The number of carbonyl (C=O) groups is 1. The molecule has 2 aromatic rings. The second-order valence-electron chi connectivity index (χ2n) is 3.57. The van der Waals surface area contributed by atoms with E-state index in [9.17, 15) is 4.79 Å². The third kappa shape index (κ3) is 3.18. The molecule has 0 unspecified atom stereocenters. The molecule has 0 fully saturated rings. The van der Waals surface area contributed by atoms with Crippen LogP contribution in [0.1, 0.15) is 21.8 Å². The number of aromatic nitrogens is 1. The van der Waals surface area contributed by atoms with Gasteiger partial charge in [0.2, 0.25) is 0 Å². The van der Waals surface area contributed by atoms with Gasteiger partial charge < -0.3 is 14.4 Å². The van der Waals surface area contributed by atoms with Crippen molar-refractivity contribution in [2.24, 2.45) is 0 Å². The SMILES string of the molecule is O=C(O)c1cc(COCc2ccccc2Br)on1. The lowest BCUT2D eigenvalue weighted by atomic mass is 10.2. The summed E-state index contributed by atoms with van der Waals surface area (Å²) < 4.78 is 11.2. The summed E-state index contributed by atoms with van der Waals surface area (Å²) in [4.78, 5) is 10.6. The highest BCUT2D eigenvalue weighted by Gasteiger charge is 2.10. The Balaban J connectivity index is 1.88. The molecule has 1 N–H and O–H groups in total. The molecule has 1 aromatic carbocycles. The molecular weight excluding hydrogens is 302 g/mol. The smallest absolute Gasteiger partial charge is 0.358 e. The average molecular weight is 312 g/mol. The number of halogens is 1. The Hall–Kier alpha value is -1.66. The second kappa shape index (κ2) is 5.79. The molecule has 0 aliphatic rings. The van der Waals surface area contributed by atoms with Gasteiger partial charge in [0, 0.05) is 10.5 Å². The Morgan fingerprint density at radius 3 is 2.83 bits per heavy atom. The number of benzene rings is 1. The van der Waals surface area contributed by atoms with Gasteiger partial charge >= 0.3 is 5.97 Å². The van der Waals surface area contributed by atoms with E-state index in [0.717, 1.165) is 10.0 Å². The van der Waals surface area contributed by atoms with Gasteiger partial charge in [0.05, 0.1) is 6.61 Å². The van der Waals surface area contributed by atoms with Crippen LogP contribution in [0.4, 0.5) is 0 Å². The van der Waals surface area contributed by atoms with Crippen LogP contribution in [0.2, 0.25) is 0 Å². The summed E-state index contributed by atoms with van der Waals surface area (Å²) >= 11 is 3.41. The molecule has 0 saturated carbocycles. The molecule has 0 saturated heterocycles. The zero-order valence-electron chi connectivity index (χ0n) is 9.30. The van der Waals surface area contributed by atoms with Crippen LogP contribution < -0.4 is 0 Å². The van der Waals surface area contributed by atoms with Crippen molar-refractivity contribution in [2.45, 2.75) is 13.2 Å². The Morgan fingerprint density at radius 2 is 2.17 bits per heavy atom. The molecular formula is C12H10BrNO4. The van der Waals surface area contributed by atoms with E-state index in [0.29, 0.717) is 12.4 Å². The van der Waals surface area contributed by atoms with Gasteiger partial charge in [0.15, 0.2) is 11.5 Å². The van der Waals surface area contributed by atoms with E-state index >= 15 is 0 Å². The molecule has 0 atom stereocenters. The lowest BCUT2D eigenvalue weighted by Crippen LogP contribution is -1.95. The van der Waals surface area contributed by atoms with Crippen LogP contribution in [-0.4, -0.2) is 16.2 Å². The standard InChI is InChI=1S/C12H10BrNO4/c13-10-4-2-1-3-8(10)6-17-7-9-5-11(12(15)16)14-18-9/h1-5H,6-7H2,(H,15,16). The highest BCUT2D eigenvalue weighted by Crippen LogP contribution is 2.17. The van der Waals surface area contributed by atoms with Crippen molar-refractivity contribution in [3.63, 3.8) is 0 Å². The van der Waals surface area contributed by atoms with Gasteiger partial charge in [-0.3, -0.25) is 0 Å². The first-order valence-electron chi connectivity index (χ1n) is 5.17. The molecule has 0 amide bonds. The van der Waals surface area contributed by atoms with Crippen molar-refractivity contribution in [3.8, 4) is 0 Å². The van der Waals surface area contributed by atoms with E-state index in [1.54, 1.807) is 0 Å². The Labute approximate surface area is 111 Å². The Morgan fingerprint density at radius 1 is 1.39 bits per heavy atom. The van der Waals surface area contributed by atoms with Crippen molar-refractivity contribution in [1.29, 1.82) is 0 Å². The van der Waals surface area contributed by atoms with Crippen molar-refractivity contribution < 1.29 is 19.2 Å². The first-order valence-corrected chi connectivity index (χ1v) is 5.96. The zero-order chi connectivity index (χ0) is 13.0. The lowest BCUT2D eigenvalue weighted by molar-refractivity contribution is 0.0683. The van der Waals surface area contributed by atoms with Gasteiger partial charge in [-0.15, -0.1) is 0 Å². The summed E-state index contributed by atoms with van der Waals surface area (Å²) in [5.74, 6) is -0.727. The molecule has 94 valence electrons. The quantitative estimate of drug-likeness (QED) is 0.919. The first-order chi connectivity index (χ1) is 8.66. The number of hydrogen-bond donors (Lipinski definition) is 1. The Kier molecular flexibility index (Phi) is 4.11. The first kappa shape index (κ1) is 12.8. The summed E-state index contributed by atoms with van der Waals surface area (Å²) in [7, 11) is 0. The number of hydrogen-bond acceptors (Lipinski definition) is 4. The van der Waals surface area contributed by atoms with Gasteiger partial charge in [0.25, 0.3) is 0 Å². The van der Waals surface area contributed by atoms with E-state index in [4.69, 9.17) is 14.4 Å². The van der Waals surface area contributed by atoms with E-state index in [2.05, 4.69) is 21.1 Å². The summed E-state index contributed by atoms with van der Waals surface area (Å²) in [5, 5.41) is 12.1. The largest absolute Gasteiger partial charge is 0.476 e. The third-order valence-corrected chi connectivity index (χ3v) is 3.01. The van der Waals surface area contributed by atoms with Gasteiger partial charge in [-0.2, -0.15) is 0 Å². The maximum Gasteiger partial charge on any atom is 0.358 e. The number of rotatable bonds is 5. The van der Waals surface area contributed by atoms with Crippen LogP contribution in [0.15, 0.2) is 39.3 Å². The number of carboxylic acid groups (broad SMARTS) is 1. The third-order valence-electron chi connectivity index (χ3n) is 2.24. The van der Waals surface area contributed by atoms with Gasteiger partial charge in [-0.05, 0) is 11.6 Å². The van der Waals surface area contributed by atoms with Crippen LogP contribution in [0, 0.1) is 0 Å². The number of ether oxygens (including phenoxy) is 1. The van der Waals surface area contributed by atoms with E-state index < -0.39 is 5.97 Å². The Bertz CT molecular complexity index is 553. The summed E-state index contributed by atoms with van der Waals surface area (Å²) in [6, 6.07) is 9.05. The van der Waals surface area contributed by atoms with Gasteiger partial charge in [-0.25, -0.2) is 4.79 Å². The lowest BCUT2D eigenvalue weighted by Gasteiger charge is -2.03. The van der Waals surface area contributed by atoms with E-state index in [-0.39, 0.29) is 12.3 Å². The van der Waals surface area contributed by atoms with Crippen molar-refractivity contribution in [1.82, 2.24) is 5.16 Å². The molecule has 6 heteroatoms. The molecule has 0 spiro atoms. The zero-order valence-corrected chi connectivity index (χ0v) is 10.9. The predicted molar refractivity (Wildman–Crippen MR) is 66.1 cm³/mol. The number of carboxylic acids is 1. The number of nitrogens with zero attached hydrogens (tertiary/aromatic N) is 1. The molecule has 1 heterocycles. The minimum Gasteiger partial charge on any atom is -0.476 e. The maximum absolute atomic E-state index is 10.6. The minimum atomic E-state index is -1.11. The summed E-state index contributed by atoms with van der Waals surface area (Å²) in [5.41, 5.74) is 0.893. The molecule has 1 aromatic heterocycles. The molecule has 0 bridgehead atoms.